The number of carboxylic acids is 1. The van der Waals surface area contributed by atoms with Crippen molar-refractivity contribution in [2.24, 2.45) is 11.0 Å². The zero-order valence-electron chi connectivity index (χ0n) is 14.4. The number of amides is 1. The zero-order chi connectivity index (χ0) is 19.6. The van der Waals surface area contributed by atoms with E-state index in [2.05, 4.69) is 21.0 Å². The van der Waals surface area contributed by atoms with Crippen LogP contribution in [0.5, 0.6) is 0 Å². The Hall–Kier alpha value is -2.44. The van der Waals surface area contributed by atoms with E-state index < -0.39 is 11.9 Å². The van der Waals surface area contributed by atoms with Gasteiger partial charge in [0.25, 0.3) is 5.91 Å². The summed E-state index contributed by atoms with van der Waals surface area (Å²) in [5.41, 5.74) is 2.09. The molecule has 1 amide bonds. The number of rotatable bonds is 5. The first-order valence-corrected chi connectivity index (χ1v) is 9.36. The molecule has 0 saturated heterocycles. The number of benzene rings is 2. The molecule has 0 spiro atoms. The fourth-order valence-electron chi connectivity index (χ4n) is 2.79. The van der Waals surface area contributed by atoms with Crippen LogP contribution in [0, 0.1) is 5.92 Å². The highest BCUT2D eigenvalue weighted by atomic mass is 79.9. The number of halogens is 2. The maximum Gasteiger partial charge on any atom is 0.331 e. The van der Waals surface area contributed by atoms with E-state index in [-0.39, 0.29) is 17.9 Å². The monoisotopic (exact) mass is 446 g/mol. The molecule has 1 heterocycles. The average molecular weight is 448 g/mol. The van der Waals surface area contributed by atoms with Gasteiger partial charge < -0.3 is 5.11 Å². The topological polar surface area (TPSA) is 70.0 Å². The molecule has 2 aromatic carbocycles. The summed E-state index contributed by atoms with van der Waals surface area (Å²) in [4.78, 5) is 24.5. The van der Waals surface area contributed by atoms with Gasteiger partial charge in [-0.1, -0.05) is 39.7 Å². The molecule has 0 aliphatic carbocycles. The van der Waals surface area contributed by atoms with Crippen LogP contribution in [0.2, 0.25) is 5.02 Å². The molecular weight excluding hydrogens is 432 g/mol. The van der Waals surface area contributed by atoms with Crippen molar-refractivity contribution in [1.82, 2.24) is 0 Å². The summed E-state index contributed by atoms with van der Waals surface area (Å²) in [6, 6.07) is 14.1. The Balaban J connectivity index is 1.83. The quantitative estimate of drug-likeness (QED) is 0.656. The minimum Gasteiger partial charge on any atom is -0.478 e. The molecule has 1 unspecified atom stereocenters. The predicted molar refractivity (Wildman–Crippen MR) is 110 cm³/mol. The first-order valence-electron chi connectivity index (χ1n) is 8.19. The van der Waals surface area contributed by atoms with Gasteiger partial charge >= 0.3 is 5.97 Å². The second-order valence-electron chi connectivity index (χ2n) is 6.15. The van der Waals surface area contributed by atoms with Crippen LogP contribution in [0.4, 0.5) is 5.69 Å². The predicted octanol–water partition coefficient (Wildman–Crippen LogP) is 5.00. The molecule has 0 bridgehead atoms. The number of carbonyl (C=O) groups is 2. The van der Waals surface area contributed by atoms with Gasteiger partial charge in [-0.2, -0.15) is 5.10 Å². The van der Waals surface area contributed by atoms with E-state index in [1.54, 1.807) is 37.3 Å². The van der Waals surface area contributed by atoms with Crippen LogP contribution in [0.1, 0.15) is 18.9 Å². The van der Waals surface area contributed by atoms with Gasteiger partial charge in [-0.15, -0.1) is 0 Å². The summed E-state index contributed by atoms with van der Waals surface area (Å²) in [5, 5.41) is 15.8. The van der Waals surface area contributed by atoms with Crippen molar-refractivity contribution in [3.8, 4) is 0 Å². The maximum absolute atomic E-state index is 12.8. The molecule has 1 N–H and O–H groups in total. The Morgan fingerprint density at radius 2 is 1.85 bits per heavy atom. The van der Waals surface area contributed by atoms with Gasteiger partial charge in [0, 0.05) is 20.8 Å². The molecule has 5 nitrogen and oxygen atoms in total. The second-order valence-corrected chi connectivity index (χ2v) is 7.50. The first kappa shape index (κ1) is 19.3. The van der Waals surface area contributed by atoms with Crippen LogP contribution in [0.25, 0.3) is 6.08 Å². The standard InChI is InChI=1S/C20H16BrClN2O3/c1-12-18(19(25)24(23-12)17-8-6-16(22)7-9-17)11-14(20(26)27)10-13-2-4-15(21)5-3-13/h2-10,18H,11H2,1H3,(H,26,27)/b14-10-. The molecule has 0 saturated carbocycles. The molecule has 138 valence electrons. The molecule has 0 aromatic heterocycles. The van der Waals surface area contributed by atoms with Crippen molar-refractivity contribution in [2.75, 3.05) is 5.01 Å². The maximum atomic E-state index is 12.8. The van der Waals surface area contributed by atoms with E-state index in [0.717, 1.165) is 10.0 Å². The van der Waals surface area contributed by atoms with E-state index in [9.17, 15) is 14.7 Å². The first-order chi connectivity index (χ1) is 12.8. The molecule has 0 fully saturated rings. The number of carboxylic acid groups (broad SMARTS) is 1. The number of anilines is 1. The van der Waals surface area contributed by atoms with Crippen LogP contribution >= 0.6 is 27.5 Å². The molecule has 0 radical (unpaired) electrons. The van der Waals surface area contributed by atoms with Crippen LogP contribution in [0.15, 0.2) is 63.7 Å². The normalized spacial score (nSPS) is 17.2. The third kappa shape index (κ3) is 4.46. The SMILES string of the molecule is CC1=NN(c2ccc(Cl)cc2)C(=O)C1C/C(=C/c1ccc(Br)cc1)C(=O)O. The summed E-state index contributed by atoms with van der Waals surface area (Å²) < 4.78 is 0.907. The molecule has 27 heavy (non-hydrogen) atoms. The second kappa shape index (κ2) is 8.06. The summed E-state index contributed by atoms with van der Waals surface area (Å²) in [6.07, 6.45) is 1.66. The molecule has 2 aromatic rings. The van der Waals surface area contributed by atoms with E-state index in [4.69, 9.17) is 11.6 Å². The van der Waals surface area contributed by atoms with E-state index in [1.165, 1.54) is 5.01 Å². The summed E-state index contributed by atoms with van der Waals surface area (Å²) in [7, 11) is 0. The molecule has 1 aliphatic heterocycles. The van der Waals surface area contributed by atoms with Gasteiger partial charge in [-0.25, -0.2) is 9.80 Å². The number of hydrogen-bond acceptors (Lipinski definition) is 3. The highest BCUT2D eigenvalue weighted by Gasteiger charge is 2.35. The number of nitrogens with zero attached hydrogens (tertiary/aromatic N) is 2. The lowest BCUT2D eigenvalue weighted by molar-refractivity contribution is -0.132. The Morgan fingerprint density at radius 3 is 2.44 bits per heavy atom. The minimum absolute atomic E-state index is 0.0731. The highest BCUT2D eigenvalue weighted by molar-refractivity contribution is 9.10. The zero-order valence-corrected chi connectivity index (χ0v) is 16.7. The van der Waals surface area contributed by atoms with Crippen molar-refractivity contribution in [1.29, 1.82) is 0 Å². The number of hydrogen-bond donors (Lipinski definition) is 1. The third-order valence-corrected chi connectivity index (χ3v) is 5.03. The van der Waals surface area contributed by atoms with Crippen molar-refractivity contribution >= 4 is 56.9 Å². The van der Waals surface area contributed by atoms with Crippen LogP contribution in [-0.2, 0) is 9.59 Å². The van der Waals surface area contributed by atoms with Gasteiger partial charge in [0.1, 0.15) is 0 Å². The Morgan fingerprint density at radius 1 is 1.22 bits per heavy atom. The fourth-order valence-corrected chi connectivity index (χ4v) is 3.18. The highest BCUT2D eigenvalue weighted by Crippen LogP contribution is 2.29. The third-order valence-electron chi connectivity index (χ3n) is 4.25. The number of aliphatic carboxylic acids is 1. The summed E-state index contributed by atoms with van der Waals surface area (Å²) in [5.74, 6) is -1.92. The fraction of sp³-hybridized carbons (Fsp3) is 0.150. The van der Waals surface area contributed by atoms with E-state index >= 15 is 0 Å². The van der Waals surface area contributed by atoms with E-state index in [0.29, 0.717) is 16.4 Å². The van der Waals surface area contributed by atoms with Crippen LogP contribution in [-0.4, -0.2) is 22.7 Å². The lowest BCUT2D eigenvalue weighted by atomic mass is 9.94. The number of hydrazone groups is 1. The van der Waals surface area contributed by atoms with Gasteiger partial charge in [0.2, 0.25) is 0 Å². The van der Waals surface area contributed by atoms with Gasteiger partial charge in [-0.05, 0) is 61.4 Å². The molecule has 1 atom stereocenters. The Bertz CT molecular complexity index is 937. The van der Waals surface area contributed by atoms with Crippen LogP contribution in [0.3, 0.4) is 0 Å². The van der Waals surface area contributed by atoms with Gasteiger partial charge in [0.05, 0.1) is 11.6 Å². The Kier molecular flexibility index (Phi) is 5.77. The van der Waals surface area contributed by atoms with Crippen molar-refractivity contribution < 1.29 is 14.7 Å². The smallest absolute Gasteiger partial charge is 0.331 e. The number of carbonyl (C=O) groups excluding carboxylic acids is 1. The summed E-state index contributed by atoms with van der Waals surface area (Å²) in [6.45, 7) is 1.73. The van der Waals surface area contributed by atoms with Crippen molar-refractivity contribution in [2.45, 2.75) is 13.3 Å². The molecule has 3 rings (SSSR count). The average Bonchev–Trinajstić information content (AvgIpc) is 2.91. The lowest BCUT2D eigenvalue weighted by Gasteiger charge is -2.14. The van der Waals surface area contributed by atoms with Crippen molar-refractivity contribution in [3.05, 3.63) is 69.2 Å². The molecule has 1 aliphatic rings. The van der Waals surface area contributed by atoms with Gasteiger partial charge in [-0.3, -0.25) is 4.79 Å². The van der Waals surface area contributed by atoms with E-state index in [1.807, 2.05) is 24.3 Å². The van der Waals surface area contributed by atoms with Crippen molar-refractivity contribution in [3.63, 3.8) is 0 Å². The molecule has 7 heteroatoms. The Labute approximate surface area is 170 Å². The van der Waals surface area contributed by atoms with Gasteiger partial charge in [0.15, 0.2) is 0 Å². The largest absolute Gasteiger partial charge is 0.478 e. The van der Waals surface area contributed by atoms with Crippen LogP contribution < -0.4 is 5.01 Å². The summed E-state index contributed by atoms with van der Waals surface area (Å²) >= 11 is 9.24. The lowest BCUT2D eigenvalue weighted by Crippen LogP contribution is -2.28. The minimum atomic E-state index is -1.05. The molecular formula is C20H16BrClN2O3.